The summed E-state index contributed by atoms with van der Waals surface area (Å²) in [6.07, 6.45) is 1.18. The maximum atomic E-state index is 11.8. The molecule has 0 spiro atoms. The Balaban J connectivity index is 2.36. The Morgan fingerprint density at radius 1 is 1.33 bits per heavy atom. The molecule has 0 radical (unpaired) electrons. The van der Waals surface area contributed by atoms with Crippen LogP contribution in [0.3, 0.4) is 0 Å². The average molecular weight is 212 g/mol. The van der Waals surface area contributed by atoms with Crippen molar-refractivity contribution in [2.24, 2.45) is 17.8 Å². The molecule has 0 aromatic rings. The van der Waals surface area contributed by atoms with Crippen molar-refractivity contribution >= 4 is 5.91 Å². The van der Waals surface area contributed by atoms with Crippen LogP contribution in [0.2, 0.25) is 0 Å². The molecule has 0 saturated carbocycles. The minimum atomic E-state index is 0.113. The lowest BCUT2D eigenvalue weighted by Crippen LogP contribution is -2.42. The van der Waals surface area contributed by atoms with Crippen LogP contribution < -0.4 is 10.6 Å². The summed E-state index contributed by atoms with van der Waals surface area (Å²) in [5.74, 6) is 1.33. The predicted octanol–water partition coefficient (Wildman–Crippen LogP) is 1.39. The largest absolute Gasteiger partial charge is 0.353 e. The molecule has 3 atom stereocenters. The molecule has 1 saturated heterocycles. The van der Waals surface area contributed by atoms with Gasteiger partial charge < -0.3 is 10.6 Å². The topological polar surface area (TPSA) is 41.1 Å². The fourth-order valence-electron chi connectivity index (χ4n) is 1.88. The minimum absolute atomic E-state index is 0.113. The van der Waals surface area contributed by atoms with Gasteiger partial charge in [0.1, 0.15) is 0 Å². The lowest BCUT2D eigenvalue weighted by Gasteiger charge is -2.23. The smallest absolute Gasteiger partial charge is 0.223 e. The highest BCUT2D eigenvalue weighted by Gasteiger charge is 2.25. The first-order valence-corrected chi connectivity index (χ1v) is 6.03. The van der Waals surface area contributed by atoms with Crippen molar-refractivity contribution in [3.05, 3.63) is 0 Å². The van der Waals surface area contributed by atoms with Crippen molar-refractivity contribution in [2.75, 3.05) is 13.1 Å². The third-order valence-electron chi connectivity index (χ3n) is 3.59. The van der Waals surface area contributed by atoms with Crippen molar-refractivity contribution < 1.29 is 4.79 Å². The number of carbonyl (C=O) groups excluding carboxylic acids is 1. The van der Waals surface area contributed by atoms with E-state index in [1.807, 2.05) is 6.92 Å². The van der Waals surface area contributed by atoms with Crippen molar-refractivity contribution in [1.82, 2.24) is 10.6 Å². The Labute approximate surface area is 93.0 Å². The van der Waals surface area contributed by atoms with Gasteiger partial charge >= 0.3 is 0 Å². The second-order valence-corrected chi connectivity index (χ2v) is 5.08. The van der Waals surface area contributed by atoms with Crippen LogP contribution >= 0.6 is 0 Å². The van der Waals surface area contributed by atoms with Crippen LogP contribution in [0.1, 0.15) is 34.1 Å². The quantitative estimate of drug-likeness (QED) is 0.739. The number of amides is 1. The summed E-state index contributed by atoms with van der Waals surface area (Å²) in [7, 11) is 0. The van der Waals surface area contributed by atoms with Gasteiger partial charge in [0.05, 0.1) is 0 Å². The predicted molar refractivity (Wildman–Crippen MR) is 62.6 cm³/mol. The number of rotatable bonds is 4. The van der Waals surface area contributed by atoms with E-state index in [1.165, 1.54) is 6.42 Å². The molecule has 0 bridgehead atoms. The highest BCUT2D eigenvalue weighted by atomic mass is 16.1. The molecule has 1 aliphatic rings. The molecule has 88 valence electrons. The van der Waals surface area contributed by atoms with Crippen LogP contribution in [-0.2, 0) is 4.79 Å². The van der Waals surface area contributed by atoms with Crippen molar-refractivity contribution in [2.45, 2.75) is 40.2 Å². The zero-order valence-corrected chi connectivity index (χ0v) is 10.3. The highest BCUT2D eigenvalue weighted by Crippen LogP contribution is 2.14. The van der Waals surface area contributed by atoms with E-state index in [-0.39, 0.29) is 11.8 Å². The van der Waals surface area contributed by atoms with Crippen LogP contribution in [0, 0.1) is 17.8 Å². The Kier molecular flexibility index (Phi) is 4.58. The summed E-state index contributed by atoms with van der Waals surface area (Å²) in [5, 5.41) is 6.45. The van der Waals surface area contributed by atoms with Gasteiger partial charge in [-0.2, -0.15) is 0 Å². The summed E-state index contributed by atoms with van der Waals surface area (Å²) in [6.45, 7) is 10.4. The van der Waals surface area contributed by atoms with E-state index < -0.39 is 0 Å². The molecule has 1 amide bonds. The van der Waals surface area contributed by atoms with Crippen LogP contribution in [-0.4, -0.2) is 25.0 Å². The van der Waals surface area contributed by atoms with Gasteiger partial charge in [0.15, 0.2) is 0 Å². The van der Waals surface area contributed by atoms with Gasteiger partial charge in [-0.25, -0.2) is 0 Å². The Morgan fingerprint density at radius 3 is 2.47 bits per heavy atom. The summed E-state index contributed by atoms with van der Waals surface area (Å²) < 4.78 is 0. The van der Waals surface area contributed by atoms with Gasteiger partial charge in [-0.05, 0) is 38.3 Å². The molecule has 1 rings (SSSR count). The third-order valence-corrected chi connectivity index (χ3v) is 3.59. The van der Waals surface area contributed by atoms with E-state index in [4.69, 9.17) is 0 Å². The fourth-order valence-corrected chi connectivity index (χ4v) is 1.88. The highest BCUT2D eigenvalue weighted by molar-refractivity contribution is 5.78. The maximum absolute atomic E-state index is 11.8. The zero-order chi connectivity index (χ0) is 11.4. The second-order valence-electron chi connectivity index (χ2n) is 5.08. The van der Waals surface area contributed by atoms with Crippen LogP contribution in [0.25, 0.3) is 0 Å². The van der Waals surface area contributed by atoms with Crippen molar-refractivity contribution in [3.63, 3.8) is 0 Å². The second kappa shape index (κ2) is 5.50. The molecule has 3 nitrogen and oxygen atoms in total. The van der Waals surface area contributed by atoms with E-state index >= 15 is 0 Å². The van der Waals surface area contributed by atoms with Gasteiger partial charge in [0.25, 0.3) is 0 Å². The standard InChI is InChI=1S/C12H24N2O/c1-8(2)9(3)12(15)14-10(4)11-5-6-13-7-11/h8-11,13H,5-7H2,1-4H3,(H,14,15). The van der Waals surface area contributed by atoms with Gasteiger partial charge in [-0.15, -0.1) is 0 Å². The first-order chi connectivity index (χ1) is 7.02. The number of nitrogens with one attached hydrogen (secondary N) is 2. The van der Waals surface area contributed by atoms with E-state index in [0.717, 1.165) is 13.1 Å². The molecule has 0 aromatic heterocycles. The molecule has 3 unspecified atom stereocenters. The lowest BCUT2D eigenvalue weighted by atomic mass is 9.95. The van der Waals surface area contributed by atoms with Crippen LogP contribution in [0.15, 0.2) is 0 Å². The lowest BCUT2D eigenvalue weighted by molar-refractivity contribution is -0.126. The third kappa shape index (κ3) is 3.49. The molecular formula is C12H24N2O. The normalized spacial score (nSPS) is 25.3. The summed E-state index contributed by atoms with van der Waals surface area (Å²) >= 11 is 0. The molecule has 0 aromatic carbocycles. The maximum Gasteiger partial charge on any atom is 0.223 e. The van der Waals surface area contributed by atoms with Crippen LogP contribution in [0.4, 0.5) is 0 Å². The zero-order valence-electron chi connectivity index (χ0n) is 10.3. The van der Waals surface area contributed by atoms with Gasteiger partial charge in [-0.3, -0.25) is 4.79 Å². The van der Waals surface area contributed by atoms with E-state index in [2.05, 4.69) is 31.4 Å². The molecule has 1 heterocycles. The molecular weight excluding hydrogens is 188 g/mol. The van der Waals surface area contributed by atoms with Gasteiger partial charge in [0.2, 0.25) is 5.91 Å². The number of hydrogen-bond acceptors (Lipinski definition) is 2. The Morgan fingerprint density at radius 2 is 2.00 bits per heavy atom. The van der Waals surface area contributed by atoms with Crippen LogP contribution in [0.5, 0.6) is 0 Å². The number of carbonyl (C=O) groups is 1. The molecule has 3 heteroatoms. The van der Waals surface area contributed by atoms with Crippen molar-refractivity contribution in [1.29, 1.82) is 0 Å². The number of hydrogen-bond donors (Lipinski definition) is 2. The summed E-state index contributed by atoms with van der Waals surface area (Å²) in [5.41, 5.74) is 0. The van der Waals surface area contributed by atoms with E-state index in [1.54, 1.807) is 0 Å². The van der Waals surface area contributed by atoms with E-state index in [0.29, 0.717) is 17.9 Å². The first-order valence-electron chi connectivity index (χ1n) is 6.03. The van der Waals surface area contributed by atoms with Gasteiger partial charge in [-0.1, -0.05) is 20.8 Å². The Hall–Kier alpha value is -0.570. The Bertz CT molecular complexity index is 210. The molecule has 2 N–H and O–H groups in total. The average Bonchev–Trinajstić information content (AvgIpc) is 2.68. The molecule has 15 heavy (non-hydrogen) atoms. The minimum Gasteiger partial charge on any atom is -0.353 e. The first kappa shape index (κ1) is 12.5. The van der Waals surface area contributed by atoms with E-state index in [9.17, 15) is 4.79 Å². The fraction of sp³-hybridized carbons (Fsp3) is 0.917. The summed E-state index contributed by atoms with van der Waals surface area (Å²) in [4.78, 5) is 11.8. The van der Waals surface area contributed by atoms with Crippen molar-refractivity contribution in [3.8, 4) is 0 Å². The molecule has 1 aliphatic heterocycles. The monoisotopic (exact) mass is 212 g/mol. The summed E-state index contributed by atoms with van der Waals surface area (Å²) in [6, 6.07) is 0.300. The van der Waals surface area contributed by atoms with Gasteiger partial charge in [0, 0.05) is 12.0 Å². The SMILES string of the molecule is CC(C)C(C)C(=O)NC(C)C1CCNC1. The molecule has 0 aliphatic carbocycles. The molecule has 1 fully saturated rings.